The van der Waals surface area contributed by atoms with E-state index in [9.17, 15) is 14.4 Å². The van der Waals surface area contributed by atoms with Crippen LogP contribution in [0.5, 0.6) is 0 Å². The number of aliphatic hydroxyl groups is 1. The highest BCUT2D eigenvalue weighted by atomic mass is 16.6. The van der Waals surface area contributed by atoms with Crippen LogP contribution < -0.4 is 5.32 Å². The number of carbonyl (C=O) groups is 3. The Morgan fingerprint density at radius 1 is 1.17 bits per heavy atom. The van der Waals surface area contributed by atoms with E-state index in [0.717, 1.165) is 29.7 Å². The van der Waals surface area contributed by atoms with E-state index in [-0.39, 0.29) is 25.0 Å². The highest BCUT2D eigenvalue weighted by Gasteiger charge is 2.78. The Morgan fingerprint density at radius 3 is 2.61 bits per heavy atom. The van der Waals surface area contributed by atoms with Crippen LogP contribution >= 0.6 is 0 Å². The third kappa shape index (κ3) is 4.32. The summed E-state index contributed by atoms with van der Waals surface area (Å²) in [5, 5.41) is 12.2. The van der Waals surface area contributed by atoms with Gasteiger partial charge in [-0.15, -0.1) is 0 Å². The first-order valence-electron chi connectivity index (χ1n) is 13.4. The second-order valence-corrected chi connectivity index (χ2v) is 10.6. The average molecular weight is 501 g/mol. The summed E-state index contributed by atoms with van der Waals surface area (Å²) in [6, 6.07) is 5.07. The number of esters is 1. The van der Waals surface area contributed by atoms with Crippen LogP contribution in [-0.4, -0.2) is 64.8 Å². The monoisotopic (exact) mass is 500 g/mol. The molecule has 2 bridgehead atoms. The van der Waals surface area contributed by atoms with Gasteiger partial charge in [-0.3, -0.25) is 14.4 Å². The lowest BCUT2D eigenvalue weighted by atomic mass is 9.65. The predicted octanol–water partition coefficient (Wildman–Crippen LogP) is 3.51. The van der Waals surface area contributed by atoms with Crippen LogP contribution in [-0.2, 0) is 23.9 Å². The third-order valence-corrected chi connectivity index (χ3v) is 8.43. The third-order valence-electron chi connectivity index (χ3n) is 8.43. The van der Waals surface area contributed by atoms with Crippen LogP contribution in [0.25, 0.3) is 0 Å². The number of unbranched alkanes of at least 4 members (excludes halogenated alkanes) is 3. The normalized spacial score (nSPS) is 30.5. The van der Waals surface area contributed by atoms with Gasteiger partial charge < -0.3 is 24.8 Å². The number of nitrogens with one attached hydrogen (secondary N) is 1. The first kappa shape index (κ1) is 26.6. The molecule has 1 spiro atoms. The lowest BCUT2D eigenvalue weighted by Gasteiger charge is -2.33. The number of anilines is 1. The minimum atomic E-state index is -1.04. The predicted molar refractivity (Wildman–Crippen MR) is 135 cm³/mol. The van der Waals surface area contributed by atoms with Crippen molar-refractivity contribution in [3.05, 3.63) is 29.3 Å². The fourth-order valence-corrected chi connectivity index (χ4v) is 6.67. The van der Waals surface area contributed by atoms with E-state index in [2.05, 4.69) is 5.32 Å². The molecule has 2 N–H and O–H groups in total. The van der Waals surface area contributed by atoms with Crippen molar-refractivity contribution in [3.8, 4) is 0 Å². The Morgan fingerprint density at radius 2 is 1.92 bits per heavy atom. The quantitative estimate of drug-likeness (QED) is 0.356. The van der Waals surface area contributed by atoms with Crippen molar-refractivity contribution >= 4 is 23.5 Å². The molecule has 3 aliphatic rings. The summed E-state index contributed by atoms with van der Waals surface area (Å²) < 4.78 is 12.1. The van der Waals surface area contributed by atoms with Crippen molar-refractivity contribution in [2.75, 3.05) is 25.1 Å². The molecule has 36 heavy (non-hydrogen) atoms. The molecule has 2 unspecified atom stereocenters. The fourth-order valence-electron chi connectivity index (χ4n) is 6.67. The van der Waals surface area contributed by atoms with E-state index in [1.54, 1.807) is 11.8 Å². The average Bonchev–Trinajstić information content (AvgIpc) is 3.45. The van der Waals surface area contributed by atoms with Gasteiger partial charge in [0.25, 0.3) is 0 Å². The lowest BCUT2D eigenvalue weighted by Crippen LogP contribution is -2.53. The van der Waals surface area contributed by atoms with Crippen LogP contribution in [0.2, 0.25) is 0 Å². The summed E-state index contributed by atoms with van der Waals surface area (Å²) >= 11 is 0. The Bertz CT molecular complexity index is 1010. The van der Waals surface area contributed by atoms with Crippen molar-refractivity contribution in [2.24, 2.45) is 11.8 Å². The standard InChI is InChI=1S/C28H40N2O6/c1-5-27-13-14-28(36-27)21(22(27)26(34)35-6-2)25(33)30(15-9-7-8-10-16-31)23(28)24(32)29-20-17-18(3)11-12-19(20)4/h11-12,17,21-23,31H,5-10,13-16H2,1-4H3,(H,29,32)/t21-,22-,23?,27+,28?/m0/s1. The molecule has 1 aromatic carbocycles. The second kappa shape index (κ2) is 10.5. The molecule has 3 fully saturated rings. The molecule has 8 heteroatoms. The highest BCUT2D eigenvalue weighted by Crippen LogP contribution is 2.64. The van der Waals surface area contributed by atoms with Gasteiger partial charge in [0.1, 0.15) is 17.6 Å². The molecule has 0 saturated carbocycles. The number of aryl methyl sites for hydroxylation is 2. The van der Waals surface area contributed by atoms with Crippen LogP contribution in [0, 0.1) is 25.7 Å². The zero-order valence-electron chi connectivity index (χ0n) is 22.0. The Hall–Kier alpha value is -2.45. The van der Waals surface area contributed by atoms with Gasteiger partial charge in [-0.05, 0) is 70.1 Å². The topological polar surface area (TPSA) is 105 Å². The molecule has 4 rings (SSSR count). The molecule has 3 heterocycles. The maximum atomic E-state index is 14.0. The highest BCUT2D eigenvalue weighted by molar-refractivity contribution is 6.03. The van der Waals surface area contributed by atoms with Gasteiger partial charge in [0.15, 0.2) is 0 Å². The van der Waals surface area contributed by atoms with E-state index in [0.29, 0.717) is 38.6 Å². The van der Waals surface area contributed by atoms with Gasteiger partial charge in [0, 0.05) is 18.8 Å². The number of likely N-dealkylation sites (tertiary alicyclic amines) is 1. The van der Waals surface area contributed by atoms with Crippen LogP contribution in [0.4, 0.5) is 5.69 Å². The Balaban J connectivity index is 1.69. The smallest absolute Gasteiger partial charge is 0.312 e. The van der Waals surface area contributed by atoms with Gasteiger partial charge in [-0.2, -0.15) is 0 Å². The van der Waals surface area contributed by atoms with E-state index in [4.69, 9.17) is 14.6 Å². The number of rotatable bonds is 11. The zero-order valence-corrected chi connectivity index (χ0v) is 22.0. The summed E-state index contributed by atoms with van der Waals surface area (Å²) in [6.07, 6.45) is 4.87. The molecular formula is C28H40N2O6. The largest absolute Gasteiger partial charge is 0.466 e. The SMILES string of the molecule is CCOC(=O)[C@@H]1[C@H]2C(=O)N(CCCCCCO)C(C(=O)Nc3cc(C)ccc3C)C23CC[C@@]1(CC)O3. The van der Waals surface area contributed by atoms with Crippen LogP contribution in [0.3, 0.4) is 0 Å². The van der Waals surface area contributed by atoms with Crippen molar-refractivity contribution in [3.63, 3.8) is 0 Å². The van der Waals surface area contributed by atoms with Gasteiger partial charge in [0.2, 0.25) is 11.8 Å². The van der Waals surface area contributed by atoms with Gasteiger partial charge >= 0.3 is 5.97 Å². The number of carbonyl (C=O) groups excluding carboxylic acids is 3. The number of fused-ring (bicyclic) bond motifs is 1. The van der Waals surface area contributed by atoms with E-state index in [1.165, 1.54) is 0 Å². The molecular weight excluding hydrogens is 460 g/mol. The fraction of sp³-hybridized carbons (Fsp3) is 0.679. The first-order chi connectivity index (χ1) is 17.2. The Kier molecular flexibility index (Phi) is 7.76. The summed E-state index contributed by atoms with van der Waals surface area (Å²) in [5.74, 6) is -2.30. The number of ether oxygens (including phenoxy) is 2. The van der Waals surface area contributed by atoms with Gasteiger partial charge in [0.05, 0.1) is 18.1 Å². The number of hydrogen-bond acceptors (Lipinski definition) is 6. The molecule has 3 saturated heterocycles. The van der Waals surface area contributed by atoms with Crippen LogP contribution in [0.1, 0.15) is 69.9 Å². The molecule has 0 aromatic heterocycles. The summed E-state index contributed by atoms with van der Waals surface area (Å²) in [4.78, 5) is 42.8. The lowest BCUT2D eigenvalue weighted by molar-refractivity contribution is -0.160. The van der Waals surface area contributed by atoms with E-state index >= 15 is 0 Å². The molecule has 8 nitrogen and oxygen atoms in total. The minimum absolute atomic E-state index is 0.142. The maximum absolute atomic E-state index is 14.0. The summed E-state index contributed by atoms with van der Waals surface area (Å²) in [7, 11) is 0. The minimum Gasteiger partial charge on any atom is -0.466 e. The van der Waals surface area contributed by atoms with Crippen LogP contribution in [0.15, 0.2) is 18.2 Å². The Labute approximate surface area is 213 Å². The molecule has 198 valence electrons. The number of aliphatic hydroxyl groups excluding tert-OH is 1. The molecule has 3 aliphatic heterocycles. The van der Waals surface area contributed by atoms with Gasteiger partial charge in [-0.25, -0.2) is 0 Å². The number of amides is 2. The molecule has 0 aliphatic carbocycles. The number of hydrogen-bond donors (Lipinski definition) is 2. The number of nitrogens with zero attached hydrogens (tertiary/aromatic N) is 1. The zero-order chi connectivity index (χ0) is 26.1. The van der Waals surface area contributed by atoms with Gasteiger partial charge in [-0.1, -0.05) is 31.9 Å². The molecule has 1 aromatic rings. The van der Waals surface area contributed by atoms with Crippen molar-refractivity contribution in [1.29, 1.82) is 0 Å². The van der Waals surface area contributed by atoms with Crippen molar-refractivity contribution in [2.45, 2.75) is 89.9 Å². The van der Waals surface area contributed by atoms with E-state index in [1.807, 2.05) is 39.0 Å². The molecule has 2 amide bonds. The first-order valence-corrected chi connectivity index (χ1v) is 13.4. The van der Waals surface area contributed by atoms with E-state index < -0.39 is 35.0 Å². The molecule has 0 radical (unpaired) electrons. The van der Waals surface area contributed by atoms with Crippen molar-refractivity contribution in [1.82, 2.24) is 4.90 Å². The maximum Gasteiger partial charge on any atom is 0.312 e. The number of benzene rings is 1. The molecule has 5 atom stereocenters. The summed E-state index contributed by atoms with van der Waals surface area (Å²) in [6.45, 7) is 8.42. The second-order valence-electron chi connectivity index (χ2n) is 10.6. The summed E-state index contributed by atoms with van der Waals surface area (Å²) in [5.41, 5.74) is 0.860. The van der Waals surface area contributed by atoms with Crippen molar-refractivity contribution < 1.29 is 29.0 Å².